The van der Waals surface area contributed by atoms with Gasteiger partial charge in [-0.3, -0.25) is 4.68 Å². The van der Waals surface area contributed by atoms with Crippen molar-refractivity contribution in [2.75, 3.05) is 23.8 Å². The molecule has 1 unspecified atom stereocenters. The number of rotatable bonds is 4. The summed E-state index contributed by atoms with van der Waals surface area (Å²) in [7, 11) is -3.53. The normalized spacial score (nSPS) is 21.7. The number of nitrogen functional groups attached to an aromatic ring is 1. The Hall–Kier alpha value is -0.730. The zero-order chi connectivity index (χ0) is 14.0. The average molecular weight is 304 g/mol. The van der Waals surface area contributed by atoms with Gasteiger partial charge in [0.2, 0.25) is 10.0 Å². The third kappa shape index (κ3) is 2.90. The molecule has 1 atom stereocenters. The number of sulfonamides is 1. The van der Waals surface area contributed by atoms with Crippen LogP contribution in [-0.4, -0.2) is 46.6 Å². The lowest BCUT2D eigenvalue weighted by Crippen LogP contribution is -2.44. The molecule has 1 aromatic rings. The summed E-state index contributed by atoms with van der Waals surface area (Å²) < 4.78 is 28.4. The van der Waals surface area contributed by atoms with E-state index < -0.39 is 10.0 Å². The highest BCUT2D eigenvalue weighted by atomic mass is 32.2. The molecule has 0 radical (unpaired) electrons. The molecule has 6 nitrogen and oxygen atoms in total. The maximum absolute atomic E-state index is 12.6. The lowest BCUT2D eigenvalue weighted by Gasteiger charge is -2.31. The molecule has 0 bridgehead atoms. The van der Waals surface area contributed by atoms with Gasteiger partial charge in [0, 0.05) is 36.8 Å². The van der Waals surface area contributed by atoms with E-state index in [-0.39, 0.29) is 16.8 Å². The lowest BCUT2D eigenvalue weighted by molar-refractivity contribution is 0.367. The molecule has 1 aromatic heterocycles. The van der Waals surface area contributed by atoms with Crippen LogP contribution < -0.4 is 5.73 Å². The van der Waals surface area contributed by atoms with Gasteiger partial charge in [-0.15, -0.1) is 0 Å². The van der Waals surface area contributed by atoms with Crippen LogP contribution in [0.25, 0.3) is 0 Å². The second-order valence-corrected chi connectivity index (χ2v) is 7.69. The summed E-state index contributed by atoms with van der Waals surface area (Å²) in [6.07, 6.45) is 2.43. The number of thioether (sulfide) groups is 1. The zero-order valence-corrected chi connectivity index (χ0v) is 12.9. The number of aromatic nitrogens is 2. The van der Waals surface area contributed by atoms with Crippen molar-refractivity contribution in [3.8, 4) is 0 Å². The van der Waals surface area contributed by atoms with Crippen molar-refractivity contribution in [3.05, 3.63) is 6.20 Å². The van der Waals surface area contributed by atoms with E-state index in [2.05, 4.69) is 5.10 Å². The molecular weight excluding hydrogens is 284 g/mol. The van der Waals surface area contributed by atoms with Crippen LogP contribution in [0.4, 0.5) is 5.82 Å². The van der Waals surface area contributed by atoms with Crippen LogP contribution in [0, 0.1) is 0 Å². The van der Waals surface area contributed by atoms with Gasteiger partial charge in [0.1, 0.15) is 4.90 Å². The van der Waals surface area contributed by atoms with Gasteiger partial charge in [0.05, 0.1) is 0 Å². The molecular formula is C11H20N4O2S2. The Morgan fingerprint density at radius 2 is 2.32 bits per heavy atom. The van der Waals surface area contributed by atoms with Crippen LogP contribution in [0.3, 0.4) is 0 Å². The molecule has 1 saturated heterocycles. The number of aryl methyl sites for hydroxylation is 1. The molecule has 0 spiro atoms. The first-order valence-electron chi connectivity index (χ1n) is 6.39. The largest absolute Gasteiger partial charge is 0.381 e. The number of hydrogen-bond donors (Lipinski definition) is 1. The van der Waals surface area contributed by atoms with Crippen LogP contribution in [-0.2, 0) is 16.6 Å². The summed E-state index contributed by atoms with van der Waals surface area (Å²) in [5.41, 5.74) is 5.77. The topological polar surface area (TPSA) is 81.2 Å². The van der Waals surface area contributed by atoms with Crippen molar-refractivity contribution in [1.82, 2.24) is 14.1 Å². The van der Waals surface area contributed by atoms with Gasteiger partial charge in [-0.1, -0.05) is 6.92 Å². The second kappa shape index (κ2) is 5.72. The molecule has 19 heavy (non-hydrogen) atoms. The van der Waals surface area contributed by atoms with Crippen molar-refractivity contribution in [3.63, 3.8) is 0 Å². The molecule has 108 valence electrons. The van der Waals surface area contributed by atoms with E-state index in [1.165, 1.54) is 4.31 Å². The predicted molar refractivity (Wildman–Crippen MR) is 77.6 cm³/mol. The fourth-order valence-corrected chi connectivity index (χ4v) is 5.07. The van der Waals surface area contributed by atoms with Gasteiger partial charge in [0.15, 0.2) is 5.82 Å². The van der Waals surface area contributed by atoms with E-state index in [9.17, 15) is 8.42 Å². The first kappa shape index (κ1) is 14.7. The molecule has 2 heterocycles. The third-order valence-electron chi connectivity index (χ3n) is 3.10. The van der Waals surface area contributed by atoms with Crippen molar-refractivity contribution in [2.45, 2.75) is 37.8 Å². The van der Waals surface area contributed by atoms with Crippen molar-refractivity contribution >= 4 is 27.6 Å². The summed E-state index contributed by atoms with van der Waals surface area (Å²) >= 11 is 1.78. The SMILES string of the molecule is CCCn1cc(S(=O)(=O)N2CCSCC2C)c(N)n1. The highest BCUT2D eigenvalue weighted by Crippen LogP contribution is 2.27. The predicted octanol–water partition coefficient (Wildman–Crippen LogP) is 1.00. The van der Waals surface area contributed by atoms with Crippen LogP contribution in [0.2, 0.25) is 0 Å². The first-order valence-corrected chi connectivity index (χ1v) is 8.98. The summed E-state index contributed by atoms with van der Waals surface area (Å²) in [6.45, 7) is 5.14. The minimum atomic E-state index is -3.53. The van der Waals surface area contributed by atoms with Gasteiger partial charge in [-0.2, -0.15) is 21.2 Å². The van der Waals surface area contributed by atoms with E-state index in [0.717, 1.165) is 17.9 Å². The Kier molecular flexibility index (Phi) is 4.42. The fraction of sp³-hybridized carbons (Fsp3) is 0.727. The maximum atomic E-state index is 12.6. The maximum Gasteiger partial charge on any atom is 0.248 e. The summed E-state index contributed by atoms with van der Waals surface area (Å²) in [6, 6.07) is -0.00215. The fourth-order valence-electron chi connectivity index (χ4n) is 2.16. The Morgan fingerprint density at radius 3 is 2.95 bits per heavy atom. The first-order chi connectivity index (χ1) is 8.96. The number of hydrogen-bond acceptors (Lipinski definition) is 5. The standard InChI is InChI=1S/C11H20N4O2S2/c1-3-4-14-7-10(11(12)13-14)19(16,17)15-5-6-18-8-9(15)2/h7,9H,3-6,8H2,1-2H3,(H2,12,13). The summed E-state index contributed by atoms with van der Waals surface area (Å²) in [4.78, 5) is 0.139. The molecule has 1 fully saturated rings. The lowest BCUT2D eigenvalue weighted by atomic mass is 10.4. The number of anilines is 1. The van der Waals surface area contributed by atoms with Crippen LogP contribution in [0.5, 0.6) is 0 Å². The quantitative estimate of drug-likeness (QED) is 0.897. The third-order valence-corrected chi connectivity index (χ3v) is 6.32. The van der Waals surface area contributed by atoms with Crippen molar-refractivity contribution < 1.29 is 8.42 Å². The number of nitrogens with two attached hydrogens (primary N) is 1. The Balaban J connectivity index is 2.33. The molecule has 2 rings (SSSR count). The van der Waals surface area contributed by atoms with E-state index in [1.807, 2.05) is 13.8 Å². The minimum Gasteiger partial charge on any atom is -0.381 e. The highest BCUT2D eigenvalue weighted by Gasteiger charge is 2.33. The van der Waals surface area contributed by atoms with Crippen LogP contribution in [0.15, 0.2) is 11.1 Å². The van der Waals surface area contributed by atoms with E-state index in [0.29, 0.717) is 13.1 Å². The number of nitrogens with zero attached hydrogens (tertiary/aromatic N) is 3. The molecule has 0 amide bonds. The molecule has 8 heteroatoms. The molecule has 1 aliphatic rings. The molecule has 0 aromatic carbocycles. The summed E-state index contributed by atoms with van der Waals surface area (Å²) in [5.74, 6) is 1.74. The van der Waals surface area contributed by atoms with Crippen LogP contribution in [0.1, 0.15) is 20.3 Å². The Bertz CT molecular complexity index is 541. The van der Waals surface area contributed by atoms with E-state index in [1.54, 1.807) is 22.6 Å². The molecule has 1 aliphatic heterocycles. The molecule has 0 saturated carbocycles. The van der Waals surface area contributed by atoms with Gasteiger partial charge < -0.3 is 5.73 Å². The van der Waals surface area contributed by atoms with Crippen molar-refractivity contribution in [2.24, 2.45) is 0 Å². The monoisotopic (exact) mass is 304 g/mol. The van der Waals surface area contributed by atoms with Crippen molar-refractivity contribution in [1.29, 1.82) is 0 Å². The zero-order valence-electron chi connectivity index (χ0n) is 11.2. The smallest absolute Gasteiger partial charge is 0.248 e. The highest BCUT2D eigenvalue weighted by molar-refractivity contribution is 7.99. The molecule has 0 aliphatic carbocycles. The van der Waals surface area contributed by atoms with E-state index in [4.69, 9.17) is 5.73 Å². The van der Waals surface area contributed by atoms with E-state index >= 15 is 0 Å². The molecule has 2 N–H and O–H groups in total. The van der Waals surface area contributed by atoms with Gasteiger partial charge >= 0.3 is 0 Å². The summed E-state index contributed by atoms with van der Waals surface area (Å²) in [5, 5.41) is 4.07. The van der Waals surface area contributed by atoms with Gasteiger partial charge in [0.25, 0.3) is 0 Å². The van der Waals surface area contributed by atoms with Gasteiger partial charge in [-0.05, 0) is 13.3 Å². The Labute approximate surface area is 118 Å². The van der Waals surface area contributed by atoms with Gasteiger partial charge in [-0.25, -0.2) is 8.42 Å². The minimum absolute atomic E-state index is 0.00215. The Morgan fingerprint density at radius 1 is 1.58 bits per heavy atom. The second-order valence-electron chi connectivity index (χ2n) is 4.68. The van der Waals surface area contributed by atoms with Crippen LogP contribution >= 0.6 is 11.8 Å². The average Bonchev–Trinajstić information content (AvgIpc) is 2.72.